The molecule has 0 fully saturated rings. The highest BCUT2D eigenvalue weighted by Crippen LogP contribution is 2.33. The van der Waals surface area contributed by atoms with Gasteiger partial charge in [0.2, 0.25) is 11.8 Å². The molecule has 0 saturated heterocycles. The lowest BCUT2D eigenvalue weighted by molar-refractivity contribution is 0.300. The van der Waals surface area contributed by atoms with Crippen molar-refractivity contribution in [3.63, 3.8) is 0 Å². The summed E-state index contributed by atoms with van der Waals surface area (Å²) in [5, 5.41) is 1.67. The summed E-state index contributed by atoms with van der Waals surface area (Å²) in [5.41, 5.74) is 0.956. The highest BCUT2D eigenvalue weighted by atomic mass is 127. The lowest BCUT2D eigenvalue weighted by atomic mass is 10.2. The Morgan fingerprint density at radius 2 is 1.71 bits per heavy atom. The van der Waals surface area contributed by atoms with Crippen LogP contribution in [0, 0.1) is 3.57 Å². The molecule has 0 unspecified atom stereocenters. The maximum atomic E-state index is 5.52. The van der Waals surface area contributed by atoms with Crippen molar-refractivity contribution in [1.82, 2.24) is 15.0 Å². The number of fused-ring (bicyclic) bond motifs is 1. The molecule has 124 valence electrons. The second-order valence-electron chi connectivity index (χ2n) is 4.77. The number of benzene rings is 1. The molecule has 0 aliphatic carbocycles. The molecule has 3 rings (SSSR count). The van der Waals surface area contributed by atoms with Gasteiger partial charge in [-0.05, 0) is 66.4 Å². The molecule has 0 N–H and O–H groups in total. The molecule has 7 heteroatoms. The third-order valence-electron chi connectivity index (χ3n) is 3.11. The normalized spacial score (nSPS) is 10.8. The minimum atomic E-state index is 0.520. The van der Waals surface area contributed by atoms with Gasteiger partial charge in [-0.2, -0.15) is 9.97 Å². The Bertz CT molecular complexity index is 836. The number of hydrogen-bond acceptors (Lipinski definition) is 6. The van der Waals surface area contributed by atoms with Crippen molar-refractivity contribution >= 4 is 45.3 Å². The van der Waals surface area contributed by atoms with E-state index in [1.54, 1.807) is 12.3 Å². The fraction of sp³-hybridized carbons (Fsp3) is 0.235. The zero-order valence-corrected chi connectivity index (χ0v) is 16.3. The smallest absolute Gasteiger partial charge is 0.221 e. The summed E-state index contributed by atoms with van der Waals surface area (Å²) in [6, 6.07) is 9.88. The number of pyridine rings is 1. The van der Waals surface area contributed by atoms with E-state index in [-0.39, 0.29) is 0 Å². The van der Waals surface area contributed by atoms with Gasteiger partial charge in [0, 0.05) is 20.0 Å². The quantitative estimate of drug-likeness (QED) is 0.403. The van der Waals surface area contributed by atoms with Crippen LogP contribution in [0.1, 0.15) is 13.8 Å². The highest BCUT2D eigenvalue weighted by Gasteiger charge is 2.11. The van der Waals surface area contributed by atoms with Gasteiger partial charge in [-0.15, -0.1) is 0 Å². The van der Waals surface area contributed by atoms with Crippen molar-refractivity contribution in [1.29, 1.82) is 0 Å². The van der Waals surface area contributed by atoms with Crippen LogP contribution in [-0.4, -0.2) is 28.2 Å². The van der Waals surface area contributed by atoms with Gasteiger partial charge in [0.25, 0.3) is 0 Å². The monoisotopic (exact) mass is 453 g/mol. The average Bonchev–Trinajstić information content (AvgIpc) is 2.55. The van der Waals surface area contributed by atoms with Crippen LogP contribution < -0.4 is 9.47 Å². The molecule has 3 aromatic rings. The van der Waals surface area contributed by atoms with Gasteiger partial charge < -0.3 is 9.47 Å². The first kappa shape index (κ1) is 17.2. The van der Waals surface area contributed by atoms with Gasteiger partial charge in [0.15, 0.2) is 5.16 Å². The van der Waals surface area contributed by atoms with Gasteiger partial charge >= 0.3 is 0 Å². The van der Waals surface area contributed by atoms with E-state index in [0.717, 1.165) is 19.4 Å². The zero-order valence-electron chi connectivity index (χ0n) is 13.3. The van der Waals surface area contributed by atoms with Gasteiger partial charge in [0.05, 0.1) is 24.8 Å². The number of ether oxygens (including phenoxy) is 2. The molecule has 0 saturated carbocycles. The van der Waals surface area contributed by atoms with Crippen molar-refractivity contribution in [2.75, 3.05) is 13.2 Å². The third-order valence-corrected chi connectivity index (χ3v) is 4.72. The minimum absolute atomic E-state index is 0.520. The first-order chi connectivity index (χ1) is 11.7. The fourth-order valence-corrected chi connectivity index (χ4v) is 3.51. The van der Waals surface area contributed by atoms with Gasteiger partial charge in [0.1, 0.15) is 0 Å². The topological polar surface area (TPSA) is 57.1 Å². The Balaban J connectivity index is 1.98. The minimum Gasteiger partial charge on any atom is -0.478 e. The first-order valence-electron chi connectivity index (χ1n) is 7.56. The fourth-order valence-electron chi connectivity index (χ4n) is 2.16. The molecule has 0 aliphatic rings. The van der Waals surface area contributed by atoms with Crippen molar-refractivity contribution in [2.24, 2.45) is 0 Å². The van der Waals surface area contributed by atoms with Crippen LogP contribution in [0.25, 0.3) is 10.9 Å². The Hall–Kier alpha value is -1.61. The van der Waals surface area contributed by atoms with E-state index in [9.17, 15) is 0 Å². The van der Waals surface area contributed by atoms with Crippen LogP contribution >= 0.6 is 34.4 Å². The summed E-state index contributed by atoms with van der Waals surface area (Å²) in [6.07, 6.45) is 1.80. The second kappa shape index (κ2) is 7.98. The second-order valence-corrected chi connectivity index (χ2v) is 7.02. The summed E-state index contributed by atoms with van der Waals surface area (Å²) in [6.45, 7) is 4.94. The molecule has 2 heterocycles. The van der Waals surface area contributed by atoms with Gasteiger partial charge in [-0.3, -0.25) is 4.98 Å². The van der Waals surface area contributed by atoms with Crippen LogP contribution in [0.4, 0.5) is 0 Å². The zero-order chi connectivity index (χ0) is 16.9. The first-order valence-corrected chi connectivity index (χ1v) is 9.46. The Morgan fingerprint density at radius 3 is 2.38 bits per heavy atom. The maximum Gasteiger partial charge on any atom is 0.221 e. The molecular weight excluding hydrogens is 437 g/mol. The molecule has 0 amide bonds. The third kappa shape index (κ3) is 4.07. The molecule has 0 spiro atoms. The van der Waals surface area contributed by atoms with E-state index in [1.807, 2.05) is 19.9 Å². The number of nitrogens with zero attached hydrogens (tertiary/aromatic N) is 3. The van der Waals surface area contributed by atoms with Crippen molar-refractivity contribution < 1.29 is 9.47 Å². The van der Waals surface area contributed by atoms with Crippen molar-refractivity contribution in [3.8, 4) is 11.8 Å². The SMILES string of the molecule is CCOc1cc(OCC)nc(Sc2ccnc3cc(I)ccc23)n1. The van der Waals surface area contributed by atoms with Crippen molar-refractivity contribution in [2.45, 2.75) is 23.9 Å². The molecule has 1 aromatic carbocycles. The number of halogens is 1. The van der Waals surface area contributed by atoms with Crippen LogP contribution in [0.15, 0.2) is 46.6 Å². The van der Waals surface area contributed by atoms with E-state index in [2.05, 4.69) is 55.7 Å². The lowest BCUT2D eigenvalue weighted by Crippen LogP contribution is -2.01. The van der Waals surface area contributed by atoms with E-state index >= 15 is 0 Å². The molecule has 0 aliphatic heterocycles. The predicted octanol–water partition coefficient (Wildman–Crippen LogP) is 4.58. The Labute approximate surface area is 158 Å². The largest absolute Gasteiger partial charge is 0.478 e. The summed E-state index contributed by atoms with van der Waals surface area (Å²) in [7, 11) is 0. The van der Waals surface area contributed by atoms with Crippen LogP contribution in [0.5, 0.6) is 11.8 Å². The maximum absolute atomic E-state index is 5.52. The number of rotatable bonds is 6. The molecule has 2 aromatic heterocycles. The molecule has 0 atom stereocenters. The standard InChI is InChI=1S/C17H16IN3O2S/c1-3-22-15-10-16(23-4-2)21-17(20-15)24-14-7-8-19-13-9-11(18)5-6-12(13)14/h5-10H,3-4H2,1-2H3. The van der Waals surface area contributed by atoms with E-state index in [4.69, 9.17) is 9.47 Å². The van der Waals surface area contributed by atoms with E-state index in [0.29, 0.717) is 30.1 Å². The highest BCUT2D eigenvalue weighted by molar-refractivity contribution is 14.1. The van der Waals surface area contributed by atoms with E-state index in [1.165, 1.54) is 11.8 Å². The van der Waals surface area contributed by atoms with Crippen LogP contribution in [0.2, 0.25) is 0 Å². The number of hydrogen-bond donors (Lipinski definition) is 0. The van der Waals surface area contributed by atoms with Crippen molar-refractivity contribution in [3.05, 3.63) is 40.1 Å². The Morgan fingerprint density at radius 1 is 1.00 bits per heavy atom. The average molecular weight is 453 g/mol. The summed E-state index contributed by atoms with van der Waals surface area (Å²) < 4.78 is 12.2. The van der Waals surface area contributed by atoms with Gasteiger partial charge in [-0.1, -0.05) is 6.07 Å². The number of aromatic nitrogens is 3. The predicted molar refractivity (Wildman–Crippen MR) is 103 cm³/mol. The molecular formula is C17H16IN3O2S. The summed E-state index contributed by atoms with van der Waals surface area (Å²) in [5.74, 6) is 1.04. The van der Waals surface area contributed by atoms with E-state index < -0.39 is 0 Å². The molecule has 0 radical (unpaired) electrons. The molecule has 5 nitrogen and oxygen atoms in total. The molecule has 0 bridgehead atoms. The van der Waals surface area contributed by atoms with Gasteiger partial charge in [-0.25, -0.2) is 0 Å². The lowest BCUT2D eigenvalue weighted by Gasteiger charge is -2.09. The van der Waals surface area contributed by atoms with Crippen LogP contribution in [-0.2, 0) is 0 Å². The summed E-state index contributed by atoms with van der Waals surface area (Å²) in [4.78, 5) is 14.4. The summed E-state index contributed by atoms with van der Waals surface area (Å²) >= 11 is 3.76. The Kier molecular flexibility index (Phi) is 5.72. The van der Waals surface area contributed by atoms with Crippen LogP contribution in [0.3, 0.4) is 0 Å². The molecule has 24 heavy (non-hydrogen) atoms.